The lowest BCUT2D eigenvalue weighted by molar-refractivity contribution is -0.132. The summed E-state index contributed by atoms with van der Waals surface area (Å²) in [6.45, 7) is 0.148. The number of aryl methyl sites for hydroxylation is 1. The molecule has 1 fully saturated rings. The Morgan fingerprint density at radius 3 is 2.50 bits per heavy atom. The summed E-state index contributed by atoms with van der Waals surface area (Å²) in [5.74, 6) is 0.247. The Bertz CT molecular complexity index is 1250. The van der Waals surface area contributed by atoms with E-state index in [-0.39, 0.29) is 24.4 Å². The molecule has 172 valence electrons. The van der Waals surface area contributed by atoms with E-state index in [0.29, 0.717) is 23.4 Å². The van der Waals surface area contributed by atoms with E-state index in [2.05, 4.69) is 10.6 Å². The van der Waals surface area contributed by atoms with E-state index >= 15 is 0 Å². The van der Waals surface area contributed by atoms with Crippen LogP contribution in [0.1, 0.15) is 39.9 Å². The molecule has 1 unspecified atom stereocenters. The molecule has 7 nitrogen and oxygen atoms in total. The number of imide groups is 1. The van der Waals surface area contributed by atoms with Gasteiger partial charge in [-0.1, -0.05) is 36.4 Å². The van der Waals surface area contributed by atoms with Crippen LogP contribution in [0.2, 0.25) is 0 Å². The van der Waals surface area contributed by atoms with E-state index in [1.54, 1.807) is 55.6 Å². The van der Waals surface area contributed by atoms with Gasteiger partial charge in [-0.3, -0.25) is 14.5 Å². The second kappa shape index (κ2) is 8.67. The fourth-order valence-electron chi connectivity index (χ4n) is 4.78. The summed E-state index contributed by atoms with van der Waals surface area (Å²) in [6, 6.07) is 21.4. The summed E-state index contributed by atoms with van der Waals surface area (Å²) >= 11 is 0. The van der Waals surface area contributed by atoms with Crippen LogP contribution in [-0.2, 0) is 23.3 Å². The number of benzene rings is 3. The summed E-state index contributed by atoms with van der Waals surface area (Å²) < 4.78 is 5.13. The third kappa shape index (κ3) is 3.79. The molecule has 2 N–H and O–H groups in total. The smallest absolute Gasteiger partial charge is 0.325 e. The number of hydrogen-bond donors (Lipinski definition) is 2. The molecule has 1 aliphatic carbocycles. The minimum absolute atomic E-state index is 0.148. The van der Waals surface area contributed by atoms with Crippen molar-refractivity contribution >= 4 is 23.5 Å². The number of nitrogens with zero attached hydrogens (tertiary/aromatic N) is 1. The molecule has 1 heterocycles. The zero-order valence-electron chi connectivity index (χ0n) is 18.8. The Morgan fingerprint density at radius 2 is 1.76 bits per heavy atom. The van der Waals surface area contributed by atoms with E-state index in [1.807, 2.05) is 24.3 Å². The highest BCUT2D eigenvalue weighted by molar-refractivity contribution is 6.08. The lowest BCUT2D eigenvalue weighted by atomic mass is 9.76. The molecule has 0 radical (unpaired) electrons. The van der Waals surface area contributed by atoms with Gasteiger partial charge in [0, 0.05) is 11.3 Å². The van der Waals surface area contributed by atoms with Gasteiger partial charge in [-0.2, -0.15) is 0 Å². The molecule has 5 rings (SSSR count). The number of anilines is 1. The summed E-state index contributed by atoms with van der Waals surface area (Å²) in [5.41, 5.74) is 2.93. The standard InChI is InChI=1S/C27H25N3O4/c1-34-22-14-12-21(13-15-22)28-24(31)20-10-8-18(9-11-20)17-30-25(32)27(29-26(30)33)16-4-6-19-5-2-3-7-23(19)27/h2-3,5,7-15H,4,6,16-17H2,1H3,(H,28,31)(H,29,33). The fraction of sp³-hybridized carbons (Fsp3) is 0.222. The molecule has 34 heavy (non-hydrogen) atoms. The fourth-order valence-corrected chi connectivity index (χ4v) is 4.78. The number of rotatable bonds is 5. The van der Waals surface area contributed by atoms with Crippen LogP contribution in [0, 0.1) is 0 Å². The molecule has 4 amide bonds. The largest absolute Gasteiger partial charge is 0.497 e. The van der Waals surface area contributed by atoms with Gasteiger partial charge in [-0.05, 0) is 72.4 Å². The van der Waals surface area contributed by atoms with Crippen LogP contribution in [0.15, 0.2) is 72.8 Å². The Morgan fingerprint density at radius 1 is 1.03 bits per heavy atom. The molecular formula is C27H25N3O4. The third-order valence-electron chi connectivity index (χ3n) is 6.56. The number of carbonyl (C=O) groups is 3. The van der Waals surface area contributed by atoms with Crippen LogP contribution >= 0.6 is 0 Å². The number of hydrogen-bond acceptors (Lipinski definition) is 4. The van der Waals surface area contributed by atoms with Gasteiger partial charge >= 0.3 is 6.03 Å². The zero-order chi connectivity index (χ0) is 23.7. The number of methoxy groups -OCH3 is 1. The number of carbonyl (C=O) groups excluding carboxylic acids is 3. The molecule has 2 aliphatic rings. The van der Waals surface area contributed by atoms with E-state index in [4.69, 9.17) is 4.74 Å². The number of amides is 4. The van der Waals surface area contributed by atoms with Crippen molar-refractivity contribution in [1.29, 1.82) is 0 Å². The summed E-state index contributed by atoms with van der Waals surface area (Å²) in [6.07, 6.45) is 2.34. The highest BCUT2D eigenvalue weighted by atomic mass is 16.5. The Kier molecular flexibility index (Phi) is 5.53. The molecular weight excluding hydrogens is 430 g/mol. The summed E-state index contributed by atoms with van der Waals surface area (Å²) in [4.78, 5) is 40.1. The van der Waals surface area contributed by atoms with Crippen LogP contribution < -0.4 is 15.4 Å². The SMILES string of the molecule is COc1ccc(NC(=O)c2ccc(CN3C(=O)NC4(CCCc5ccccc54)C3=O)cc2)cc1. The molecule has 3 aromatic rings. The zero-order valence-corrected chi connectivity index (χ0v) is 18.8. The first-order valence-electron chi connectivity index (χ1n) is 11.3. The van der Waals surface area contributed by atoms with E-state index < -0.39 is 5.54 Å². The number of nitrogens with one attached hydrogen (secondary N) is 2. The van der Waals surface area contributed by atoms with Gasteiger partial charge in [0.1, 0.15) is 11.3 Å². The topological polar surface area (TPSA) is 87.7 Å². The minimum atomic E-state index is -0.982. The maximum atomic E-state index is 13.5. The maximum absolute atomic E-state index is 13.5. The van der Waals surface area contributed by atoms with Crippen LogP contribution in [0.4, 0.5) is 10.5 Å². The number of urea groups is 1. The van der Waals surface area contributed by atoms with Crippen molar-refractivity contribution in [2.45, 2.75) is 31.3 Å². The molecule has 1 saturated heterocycles. The van der Waals surface area contributed by atoms with Crippen LogP contribution in [0.25, 0.3) is 0 Å². The van der Waals surface area contributed by atoms with Crippen molar-refractivity contribution in [3.05, 3.63) is 95.1 Å². The lowest BCUT2D eigenvalue weighted by Gasteiger charge is -2.33. The first kappa shape index (κ1) is 21.7. The number of fused-ring (bicyclic) bond motifs is 2. The van der Waals surface area contributed by atoms with Gasteiger partial charge in [-0.25, -0.2) is 4.79 Å². The Labute approximate surface area is 197 Å². The van der Waals surface area contributed by atoms with Gasteiger partial charge in [-0.15, -0.1) is 0 Å². The molecule has 0 bridgehead atoms. The highest BCUT2D eigenvalue weighted by Crippen LogP contribution is 2.40. The monoisotopic (exact) mass is 455 g/mol. The predicted molar refractivity (Wildman–Crippen MR) is 128 cm³/mol. The Balaban J connectivity index is 1.29. The van der Waals surface area contributed by atoms with Crippen molar-refractivity contribution in [3.63, 3.8) is 0 Å². The van der Waals surface area contributed by atoms with Gasteiger partial charge in [0.2, 0.25) is 0 Å². The molecule has 0 saturated carbocycles. The Hall–Kier alpha value is -4.13. The third-order valence-corrected chi connectivity index (χ3v) is 6.56. The first-order chi connectivity index (χ1) is 16.5. The second-order valence-corrected chi connectivity index (χ2v) is 8.62. The molecule has 1 atom stereocenters. The predicted octanol–water partition coefficient (Wildman–Crippen LogP) is 4.23. The van der Waals surface area contributed by atoms with E-state index in [9.17, 15) is 14.4 Å². The summed E-state index contributed by atoms with van der Waals surface area (Å²) in [5, 5.41) is 5.82. The summed E-state index contributed by atoms with van der Waals surface area (Å²) in [7, 11) is 1.59. The average molecular weight is 456 g/mol. The molecule has 7 heteroatoms. The van der Waals surface area contributed by atoms with Gasteiger partial charge in [0.05, 0.1) is 13.7 Å². The quantitative estimate of drug-likeness (QED) is 0.564. The van der Waals surface area contributed by atoms with Crippen LogP contribution in [0.5, 0.6) is 5.75 Å². The van der Waals surface area contributed by atoms with Crippen LogP contribution in [0.3, 0.4) is 0 Å². The molecule has 3 aromatic carbocycles. The number of ether oxygens (including phenoxy) is 1. The first-order valence-corrected chi connectivity index (χ1v) is 11.3. The highest BCUT2D eigenvalue weighted by Gasteiger charge is 2.53. The van der Waals surface area contributed by atoms with Crippen molar-refractivity contribution < 1.29 is 19.1 Å². The average Bonchev–Trinajstić information content (AvgIpc) is 3.10. The van der Waals surface area contributed by atoms with E-state index in [0.717, 1.165) is 29.5 Å². The van der Waals surface area contributed by atoms with E-state index in [1.165, 1.54) is 4.90 Å². The maximum Gasteiger partial charge on any atom is 0.325 e. The minimum Gasteiger partial charge on any atom is -0.497 e. The lowest BCUT2D eigenvalue weighted by Crippen LogP contribution is -2.46. The van der Waals surface area contributed by atoms with Crippen molar-refractivity contribution in [1.82, 2.24) is 10.2 Å². The molecule has 0 aromatic heterocycles. The van der Waals surface area contributed by atoms with Crippen LogP contribution in [-0.4, -0.2) is 29.9 Å². The van der Waals surface area contributed by atoms with Crippen molar-refractivity contribution in [2.24, 2.45) is 0 Å². The normalized spacial score (nSPS) is 19.0. The second-order valence-electron chi connectivity index (χ2n) is 8.62. The van der Waals surface area contributed by atoms with Gasteiger partial charge < -0.3 is 15.4 Å². The molecule has 1 spiro atoms. The van der Waals surface area contributed by atoms with Gasteiger partial charge in [0.15, 0.2) is 0 Å². The van der Waals surface area contributed by atoms with Crippen molar-refractivity contribution in [2.75, 3.05) is 12.4 Å². The van der Waals surface area contributed by atoms with Gasteiger partial charge in [0.25, 0.3) is 11.8 Å². The van der Waals surface area contributed by atoms with Crippen molar-refractivity contribution in [3.8, 4) is 5.75 Å². The molecule has 1 aliphatic heterocycles.